The number of aromatic amines is 1. The maximum Gasteiger partial charge on any atom is 0.433 e. The minimum absolute atomic E-state index is 0.0398. The van der Waals surface area contributed by atoms with E-state index in [1.54, 1.807) is 24.4 Å². The molecule has 34 heavy (non-hydrogen) atoms. The number of benzene rings is 2. The second-order valence-electron chi connectivity index (χ2n) is 8.60. The number of nitrogens with zero attached hydrogens (tertiary/aromatic N) is 3. The summed E-state index contributed by atoms with van der Waals surface area (Å²) in [6.45, 7) is 5.77. The highest BCUT2D eigenvalue weighted by molar-refractivity contribution is 5.87. The Bertz CT molecular complexity index is 1310. The van der Waals surface area contributed by atoms with Crippen LogP contribution in [0.5, 0.6) is 0 Å². The van der Waals surface area contributed by atoms with E-state index in [4.69, 9.17) is 4.74 Å². The van der Waals surface area contributed by atoms with Crippen molar-refractivity contribution in [3.63, 3.8) is 0 Å². The predicted octanol–water partition coefficient (Wildman–Crippen LogP) is 6.00. The molecule has 6 nitrogen and oxygen atoms in total. The van der Waals surface area contributed by atoms with Crippen LogP contribution in [0.15, 0.2) is 60.8 Å². The molecule has 2 N–H and O–H groups in total. The SMILES string of the molecule is C[C@@H]1CN(c2cccc(Nc3cc(-c4ccc5n[nH]c(C(F)(F)F)c5c4)ccn3)c2)C[C@H](C)O1. The van der Waals surface area contributed by atoms with Gasteiger partial charge in [-0.2, -0.15) is 18.3 Å². The van der Waals surface area contributed by atoms with Crippen LogP contribution in [0.3, 0.4) is 0 Å². The van der Waals surface area contributed by atoms with E-state index in [1.165, 1.54) is 6.07 Å². The van der Waals surface area contributed by atoms with Gasteiger partial charge in [-0.3, -0.25) is 5.10 Å². The molecule has 0 radical (unpaired) electrons. The molecule has 1 aliphatic heterocycles. The van der Waals surface area contributed by atoms with Crippen molar-refractivity contribution in [2.45, 2.75) is 32.2 Å². The zero-order valence-electron chi connectivity index (χ0n) is 18.7. The number of alkyl halides is 3. The molecule has 176 valence electrons. The summed E-state index contributed by atoms with van der Waals surface area (Å²) in [5.41, 5.74) is 2.79. The van der Waals surface area contributed by atoms with Gasteiger partial charge in [0.05, 0.1) is 17.7 Å². The monoisotopic (exact) mass is 467 g/mol. The van der Waals surface area contributed by atoms with Crippen LogP contribution in [0.2, 0.25) is 0 Å². The summed E-state index contributed by atoms with van der Waals surface area (Å²) in [4.78, 5) is 6.69. The summed E-state index contributed by atoms with van der Waals surface area (Å²) in [5, 5.41) is 9.23. The van der Waals surface area contributed by atoms with E-state index in [0.717, 1.165) is 30.0 Å². The summed E-state index contributed by atoms with van der Waals surface area (Å²) >= 11 is 0. The standard InChI is InChI=1S/C25H24F3N5O/c1-15-13-33(14-16(2)34-15)20-5-3-4-19(12-20)30-23-11-18(8-9-29-23)17-6-7-22-21(10-17)24(32-31-22)25(26,27)28/h3-12,15-16H,13-14H2,1-2H3,(H,29,30)(H,31,32)/t15-,16+. The van der Waals surface area contributed by atoms with Crippen LogP contribution in [-0.2, 0) is 10.9 Å². The van der Waals surface area contributed by atoms with Gasteiger partial charge in [-0.1, -0.05) is 12.1 Å². The molecule has 5 rings (SSSR count). The number of aromatic nitrogens is 3. The number of ether oxygens (including phenoxy) is 1. The summed E-state index contributed by atoms with van der Waals surface area (Å²) in [6, 6.07) is 16.5. The first-order valence-electron chi connectivity index (χ1n) is 11.1. The lowest BCUT2D eigenvalue weighted by molar-refractivity contribution is -0.139. The fraction of sp³-hybridized carbons (Fsp3) is 0.280. The van der Waals surface area contributed by atoms with Gasteiger partial charge in [0.25, 0.3) is 0 Å². The molecule has 3 heterocycles. The molecule has 0 aliphatic carbocycles. The number of fused-ring (bicyclic) bond motifs is 1. The number of H-pyrrole nitrogens is 1. The molecule has 1 fully saturated rings. The van der Waals surface area contributed by atoms with E-state index in [9.17, 15) is 13.2 Å². The molecule has 1 saturated heterocycles. The third-order valence-electron chi connectivity index (χ3n) is 5.83. The first kappa shape index (κ1) is 22.2. The Kier molecular flexibility index (Phi) is 5.65. The molecule has 2 aromatic heterocycles. The summed E-state index contributed by atoms with van der Waals surface area (Å²) in [7, 11) is 0. The van der Waals surface area contributed by atoms with Gasteiger partial charge in [0.1, 0.15) is 11.5 Å². The smallest absolute Gasteiger partial charge is 0.372 e. The molecular weight excluding hydrogens is 443 g/mol. The van der Waals surface area contributed by atoms with Gasteiger partial charge < -0.3 is 15.0 Å². The quantitative estimate of drug-likeness (QED) is 0.385. The van der Waals surface area contributed by atoms with Gasteiger partial charge in [0, 0.05) is 36.0 Å². The van der Waals surface area contributed by atoms with Gasteiger partial charge in [-0.25, -0.2) is 4.98 Å². The number of hydrogen-bond donors (Lipinski definition) is 2. The Labute approximate surface area is 194 Å². The van der Waals surface area contributed by atoms with Gasteiger partial charge in [-0.15, -0.1) is 0 Å². The highest BCUT2D eigenvalue weighted by Gasteiger charge is 2.35. The van der Waals surface area contributed by atoms with E-state index >= 15 is 0 Å². The summed E-state index contributed by atoms with van der Waals surface area (Å²) < 4.78 is 45.7. The van der Waals surface area contributed by atoms with Crippen molar-refractivity contribution in [2.75, 3.05) is 23.3 Å². The molecule has 2 atom stereocenters. The van der Waals surface area contributed by atoms with Gasteiger partial charge in [0.15, 0.2) is 0 Å². The Morgan fingerprint density at radius 3 is 2.53 bits per heavy atom. The van der Waals surface area contributed by atoms with E-state index in [2.05, 4.69) is 51.4 Å². The molecule has 0 spiro atoms. The lowest BCUT2D eigenvalue weighted by Gasteiger charge is -2.37. The van der Waals surface area contributed by atoms with Crippen LogP contribution >= 0.6 is 0 Å². The molecule has 4 aromatic rings. The van der Waals surface area contributed by atoms with E-state index < -0.39 is 11.9 Å². The number of hydrogen-bond acceptors (Lipinski definition) is 5. The first-order chi connectivity index (χ1) is 16.3. The van der Waals surface area contributed by atoms with Crippen molar-refractivity contribution in [3.8, 4) is 11.1 Å². The largest absolute Gasteiger partial charge is 0.433 e. The van der Waals surface area contributed by atoms with Crippen molar-refractivity contribution in [3.05, 3.63) is 66.5 Å². The molecular formula is C25H24F3N5O. The number of pyridine rings is 1. The third-order valence-corrected chi connectivity index (χ3v) is 5.83. The van der Waals surface area contributed by atoms with Crippen LogP contribution < -0.4 is 10.2 Å². The normalized spacial score (nSPS) is 18.9. The maximum absolute atomic E-state index is 13.3. The zero-order valence-corrected chi connectivity index (χ0v) is 18.7. The number of nitrogens with one attached hydrogen (secondary N) is 2. The Balaban J connectivity index is 1.40. The lowest BCUT2D eigenvalue weighted by atomic mass is 10.0. The van der Waals surface area contributed by atoms with Crippen LogP contribution in [0.1, 0.15) is 19.5 Å². The molecule has 9 heteroatoms. The van der Waals surface area contributed by atoms with Crippen molar-refractivity contribution in [1.82, 2.24) is 15.2 Å². The molecule has 2 aromatic carbocycles. The van der Waals surface area contributed by atoms with Crippen LogP contribution in [0.25, 0.3) is 22.0 Å². The van der Waals surface area contributed by atoms with Gasteiger partial charge >= 0.3 is 6.18 Å². The molecule has 0 unspecified atom stereocenters. The minimum Gasteiger partial charge on any atom is -0.372 e. The number of anilines is 3. The summed E-state index contributed by atoms with van der Waals surface area (Å²) in [5.74, 6) is 0.599. The van der Waals surface area contributed by atoms with Crippen molar-refractivity contribution in [2.24, 2.45) is 0 Å². The van der Waals surface area contributed by atoms with Gasteiger partial charge in [-0.05, 0) is 67.4 Å². The second-order valence-corrected chi connectivity index (χ2v) is 8.60. The van der Waals surface area contributed by atoms with Crippen molar-refractivity contribution < 1.29 is 17.9 Å². The third kappa shape index (κ3) is 4.56. The molecule has 0 bridgehead atoms. The van der Waals surface area contributed by atoms with Crippen molar-refractivity contribution >= 4 is 28.1 Å². The molecule has 0 amide bonds. The second kappa shape index (κ2) is 8.64. The first-order valence-corrected chi connectivity index (χ1v) is 11.1. The van der Waals surface area contributed by atoms with E-state index in [1.807, 2.05) is 18.2 Å². The van der Waals surface area contributed by atoms with Gasteiger partial charge in [0.2, 0.25) is 0 Å². The minimum atomic E-state index is -4.50. The Morgan fingerprint density at radius 2 is 1.76 bits per heavy atom. The lowest BCUT2D eigenvalue weighted by Crippen LogP contribution is -2.45. The van der Waals surface area contributed by atoms with E-state index in [0.29, 0.717) is 11.4 Å². The van der Waals surface area contributed by atoms with Crippen LogP contribution in [0.4, 0.5) is 30.4 Å². The van der Waals surface area contributed by atoms with Crippen molar-refractivity contribution in [1.29, 1.82) is 0 Å². The average molecular weight is 467 g/mol. The van der Waals surface area contributed by atoms with E-state index in [-0.39, 0.29) is 23.1 Å². The number of halogens is 3. The highest BCUT2D eigenvalue weighted by Crippen LogP contribution is 2.35. The fourth-order valence-corrected chi connectivity index (χ4v) is 4.40. The maximum atomic E-state index is 13.3. The Morgan fingerprint density at radius 1 is 1.00 bits per heavy atom. The topological polar surface area (TPSA) is 66.1 Å². The predicted molar refractivity (Wildman–Crippen MR) is 126 cm³/mol. The fourth-order valence-electron chi connectivity index (χ4n) is 4.40. The van der Waals surface area contributed by atoms with Crippen LogP contribution in [-0.4, -0.2) is 40.5 Å². The number of rotatable bonds is 4. The number of morpholine rings is 1. The average Bonchev–Trinajstić information content (AvgIpc) is 3.23. The molecule has 1 aliphatic rings. The highest BCUT2D eigenvalue weighted by atomic mass is 19.4. The zero-order chi connectivity index (χ0) is 23.9. The summed E-state index contributed by atoms with van der Waals surface area (Å²) in [6.07, 6.45) is -2.55. The molecule has 0 saturated carbocycles. The Hall–Kier alpha value is -3.59. The van der Waals surface area contributed by atoms with Crippen LogP contribution in [0, 0.1) is 0 Å².